The zero-order chi connectivity index (χ0) is 23.8. The Morgan fingerprint density at radius 2 is 1.51 bits per heavy atom. The molecule has 0 saturated carbocycles. The topological polar surface area (TPSA) is 30.9 Å². The van der Waals surface area contributed by atoms with Crippen LogP contribution in [0.2, 0.25) is 0 Å². The van der Waals surface area contributed by atoms with Gasteiger partial charge in [-0.25, -0.2) is 0 Å². The summed E-state index contributed by atoms with van der Waals surface area (Å²) in [6.45, 7) is 2.75. The second-order valence-corrected chi connectivity index (χ2v) is 8.96. The zero-order valence-electron chi connectivity index (χ0n) is 21.0. The number of hydrogen-bond donors (Lipinski definition) is 0. The highest BCUT2D eigenvalue weighted by Gasteiger charge is 2.17. The van der Waals surface area contributed by atoms with Crippen LogP contribution in [0.3, 0.4) is 0 Å². The Bertz CT molecular complexity index is 1100. The molecule has 0 fully saturated rings. The molecule has 0 amide bonds. The van der Waals surface area contributed by atoms with Crippen LogP contribution in [0.1, 0.15) is 35.1 Å². The standard InChI is InChI=1S/C30H35NO3.ClH/c1-31(16-7-10-25-18-26-20-29(32-2)30(33-3)21-27(26)19-25)17-15-23-11-13-28(14-12-23)34-22-24-8-5-4-6-9-24;/h4-6,8-9,11-14,18,20-21H,7,10,15-17,19,22H2,1-3H3;1H. The second-order valence-electron chi connectivity index (χ2n) is 8.96. The molecule has 0 atom stereocenters. The van der Waals surface area contributed by atoms with Gasteiger partial charge in [0, 0.05) is 6.54 Å². The van der Waals surface area contributed by atoms with E-state index in [4.69, 9.17) is 14.2 Å². The van der Waals surface area contributed by atoms with E-state index in [0.29, 0.717) is 6.61 Å². The Morgan fingerprint density at radius 1 is 0.800 bits per heavy atom. The highest BCUT2D eigenvalue weighted by Crippen LogP contribution is 2.36. The van der Waals surface area contributed by atoms with Crippen molar-refractivity contribution < 1.29 is 14.2 Å². The number of allylic oxidation sites excluding steroid dienone is 1. The molecule has 0 heterocycles. The fourth-order valence-corrected chi connectivity index (χ4v) is 4.40. The zero-order valence-corrected chi connectivity index (χ0v) is 21.8. The number of methoxy groups -OCH3 is 2. The van der Waals surface area contributed by atoms with E-state index in [-0.39, 0.29) is 12.4 Å². The average molecular weight is 494 g/mol. The molecular weight excluding hydrogens is 458 g/mol. The summed E-state index contributed by atoms with van der Waals surface area (Å²) in [7, 11) is 5.59. The Labute approximate surface area is 215 Å². The van der Waals surface area contributed by atoms with Gasteiger partial charge in [0.15, 0.2) is 11.5 Å². The van der Waals surface area contributed by atoms with Gasteiger partial charge in [-0.1, -0.05) is 54.1 Å². The maximum absolute atomic E-state index is 5.89. The maximum atomic E-state index is 5.89. The van der Waals surface area contributed by atoms with Crippen LogP contribution in [0, 0.1) is 0 Å². The van der Waals surface area contributed by atoms with Gasteiger partial charge in [0.1, 0.15) is 12.4 Å². The summed E-state index contributed by atoms with van der Waals surface area (Å²) >= 11 is 0. The smallest absolute Gasteiger partial charge is 0.161 e. The molecule has 0 radical (unpaired) electrons. The Kier molecular flexibility index (Phi) is 10.1. The molecule has 35 heavy (non-hydrogen) atoms. The number of likely N-dealkylation sites (N-methyl/N-ethyl adjacent to an activating group) is 1. The lowest BCUT2D eigenvalue weighted by molar-refractivity contribution is 0.306. The van der Waals surface area contributed by atoms with Crippen LogP contribution in [0.15, 0.2) is 72.3 Å². The largest absolute Gasteiger partial charge is 0.493 e. The predicted octanol–water partition coefficient (Wildman–Crippen LogP) is 6.60. The molecule has 3 aromatic carbocycles. The van der Waals surface area contributed by atoms with E-state index in [1.165, 1.54) is 27.8 Å². The minimum Gasteiger partial charge on any atom is -0.493 e. The highest BCUT2D eigenvalue weighted by molar-refractivity contribution is 5.85. The van der Waals surface area contributed by atoms with Crippen LogP contribution in [-0.4, -0.2) is 39.3 Å². The minimum atomic E-state index is 0. The molecule has 3 aromatic rings. The van der Waals surface area contributed by atoms with E-state index in [1.54, 1.807) is 14.2 Å². The molecule has 5 heteroatoms. The minimum absolute atomic E-state index is 0. The molecule has 0 aromatic heterocycles. The lowest BCUT2D eigenvalue weighted by Crippen LogP contribution is -2.22. The van der Waals surface area contributed by atoms with E-state index in [9.17, 15) is 0 Å². The molecular formula is C30H36ClNO3. The van der Waals surface area contributed by atoms with Crippen molar-refractivity contribution in [3.8, 4) is 17.2 Å². The number of rotatable bonds is 12. The van der Waals surface area contributed by atoms with Crippen molar-refractivity contribution in [3.05, 3.63) is 94.6 Å². The summed E-state index contributed by atoms with van der Waals surface area (Å²) in [5, 5.41) is 0. The van der Waals surface area contributed by atoms with E-state index in [0.717, 1.165) is 56.0 Å². The first-order chi connectivity index (χ1) is 16.6. The average Bonchev–Trinajstić information content (AvgIpc) is 3.28. The molecule has 0 aliphatic heterocycles. The third-order valence-electron chi connectivity index (χ3n) is 6.41. The summed E-state index contributed by atoms with van der Waals surface area (Å²) in [6.07, 6.45) is 6.66. The van der Waals surface area contributed by atoms with Crippen LogP contribution in [0.25, 0.3) is 6.08 Å². The first-order valence-electron chi connectivity index (χ1n) is 12.0. The summed E-state index contributed by atoms with van der Waals surface area (Å²) in [5.41, 5.74) is 6.61. The Morgan fingerprint density at radius 3 is 2.23 bits per heavy atom. The molecule has 0 unspecified atom stereocenters. The molecule has 186 valence electrons. The normalized spacial score (nSPS) is 12.1. The number of halogens is 1. The van der Waals surface area contributed by atoms with Crippen molar-refractivity contribution in [1.82, 2.24) is 4.90 Å². The third-order valence-corrected chi connectivity index (χ3v) is 6.41. The van der Waals surface area contributed by atoms with Gasteiger partial charge in [-0.15, -0.1) is 12.4 Å². The molecule has 4 nitrogen and oxygen atoms in total. The summed E-state index contributed by atoms with van der Waals surface area (Å²) in [5.74, 6) is 2.53. The van der Waals surface area contributed by atoms with Gasteiger partial charge in [0.25, 0.3) is 0 Å². The lowest BCUT2D eigenvalue weighted by atomic mass is 10.1. The van der Waals surface area contributed by atoms with Gasteiger partial charge in [0.2, 0.25) is 0 Å². The molecule has 1 aliphatic rings. The van der Waals surface area contributed by atoms with Crippen LogP contribution in [0.5, 0.6) is 17.2 Å². The van der Waals surface area contributed by atoms with Crippen LogP contribution in [-0.2, 0) is 19.4 Å². The molecule has 0 N–H and O–H groups in total. The SMILES string of the molecule is COc1cc2c(cc1OC)CC(CCCN(C)CCc1ccc(OCc3ccccc3)cc1)=C2.Cl. The van der Waals surface area contributed by atoms with Gasteiger partial charge in [-0.3, -0.25) is 0 Å². The highest BCUT2D eigenvalue weighted by atomic mass is 35.5. The first kappa shape index (κ1) is 26.7. The molecule has 1 aliphatic carbocycles. The molecule has 4 rings (SSSR count). The van der Waals surface area contributed by atoms with Gasteiger partial charge >= 0.3 is 0 Å². The fourth-order valence-electron chi connectivity index (χ4n) is 4.40. The third kappa shape index (κ3) is 7.51. The molecule has 0 bridgehead atoms. The van der Waals surface area contributed by atoms with E-state index >= 15 is 0 Å². The fraction of sp³-hybridized carbons (Fsp3) is 0.333. The number of hydrogen-bond acceptors (Lipinski definition) is 4. The quantitative estimate of drug-likeness (QED) is 0.284. The number of nitrogens with zero attached hydrogens (tertiary/aromatic N) is 1. The van der Waals surface area contributed by atoms with Crippen molar-refractivity contribution in [2.75, 3.05) is 34.4 Å². The van der Waals surface area contributed by atoms with Crippen LogP contribution < -0.4 is 14.2 Å². The number of ether oxygens (including phenoxy) is 3. The summed E-state index contributed by atoms with van der Waals surface area (Å²) in [6, 6.07) is 23.0. The maximum Gasteiger partial charge on any atom is 0.161 e. The Balaban J connectivity index is 0.00000342. The monoisotopic (exact) mass is 493 g/mol. The second kappa shape index (κ2) is 13.2. The number of fused-ring (bicyclic) bond motifs is 1. The number of benzene rings is 3. The van der Waals surface area contributed by atoms with Crippen molar-refractivity contribution in [2.24, 2.45) is 0 Å². The van der Waals surface area contributed by atoms with Gasteiger partial charge in [0.05, 0.1) is 14.2 Å². The van der Waals surface area contributed by atoms with Gasteiger partial charge < -0.3 is 19.1 Å². The van der Waals surface area contributed by atoms with Crippen molar-refractivity contribution >= 4 is 18.5 Å². The summed E-state index contributed by atoms with van der Waals surface area (Å²) < 4.78 is 16.8. The molecule has 0 spiro atoms. The van der Waals surface area contributed by atoms with Gasteiger partial charge in [-0.2, -0.15) is 0 Å². The lowest BCUT2D eigenvalue weighted by Gasteiger charge is -2.17. The van der Waals surface area contributed by atoms with Crippen molar-refractivity contribution in [3.63, 3.8) is 0 Å². The summed E-state index contributed by atoms with van der Waals surface area (Å²) in [4.78, 5) is 2.43. The predicted molar refractivity (Wildman–Crippen MR) is 146 cm³/mol. The van der Waals surface area contributed by atoms with E-state index < -0.39 is 0 Å². The van der Waals surface area contributed by atoms with Crippen molar-refractivity contribution in [1.29, 1.82) is 0 Å². The van der Waals surface area contributed by atoms with E-state index in [1.807, 2.05) is 18.2 Å². The molecule has 0 saturated heterocycles. The Hall–Kier alpha value is -2.95. The van der Waals surface area contributed by atoms with Crippen molar-refractivity contribution in [2.45, 2.75) is 32.3 Å². The van der Waals surface area contributed by atoms with Crippen LogP contribution in [0.4, 0.5) is 0 Å². The van der Waals surface area contributed by atoms with Gasteiger partial charge in [-0.05, 0) is 85.8 Å². The first-order valence-corrected chi connectivity index (χ1v) is 12.0. The van der Waals surface area contributed by atoms with E-state index in [2.05, 4.69) is 66.6 Å². The van der Waals surface area contributed by atoms with Crippen LogP contribution >= 0.6 is 12.4 Å².